The van der Waals surface area contributed by atoms with Crippen LogP contribution < -0.4 is 19.7 Å². The summed E-state index contributed by atoms with van der Waals surface area (Å²) in [6.07, 6.45) is 1.59. The van der Waals surface area contributed by atoms with Gasteiger partial charge in [-0.2, -0.15) is 0 Å². The number of carbonyl (C=O) groups excluding carboxylic acids is 1. The van der Waals surface area contributed by atoms with Gasteiger partial charge in [0, 0.05) is 31.4 Å². The smallest absolute Gasteiger partial charge is 0.274 e. The second-order valence-corrected chi connectivity index (χ2v) is 5.95. The van der Waals surface area contributed by atoms with Crippen LogP contribution in [0.4, 0.5) is 11.4 Å². The molecule has 0 saturated carbocycles. The third-order valence-electron chi connectivity index (χ3n) is 4.16. The van der Waals surface area contributed by atoms with E-state index >= 15 is 0 Å². The van der Waals surface area contributed by atoms with E-state index in [0.29, 0.717) is 49.3 Å². The molecule has 0 bridgehead atoms. The number of benzene rings is 1. The van der Waals surface area contributed by atoms with Crippen molar-refractivity contribution in [2.24, 2.45) is 0 Å². The maximum Gasteiger partial charge on any atom is 0.274 e. The van der Waals surface area contributed by atoms with Crippen LogP contribution in [0.1, 0.15) is 24.3 Å². The molecule has 2 aromatic rings. The molecule has 3 rings (SSSR count). The van der Waals surface area contributed by atoms with Crippen LogP contribution in [0.2, 0.25) is 0 Å². The van der Waals surface area contributed by atoms with Crippen molar-refractivity contribution in [3.63, 3.8) is 0 Å². The van der Waals surface area contributed by atoms with E-state index in [0.717, 1.165) is 18.8 Å². The fourth-order valence-electron chi connectivity index (χ4n) is 2.93. The summed E-state index contributed by atoms with van der Waals surface area (Å²) in [5, 5.41) is 2.89. The van der Waals surface area contributed by atoms with Crippen molar-refractivity contribution in [2.45, 2.75) is 13.8 Å². The zero-order valence-corrected chi connectivity index (χ0v) is 15.7. The minimum absolute atomic E-state index is 0.293. The Kier molecular flexibility index (Phi) is 6.49. The number of nitrogens with one attached hydrogen (secondary N) is 1. The largest absolute Gasteiger partial charge is 0.492 e. The van der Waals surface area contributed by atoms with Gasteiger partial charge >= 0.3 is 0 Å². The van der Waals surface area contributed by atoms with E-state index in [1.807, 2.05) is 26.0 Å². The molecule has 1 N–H and O–H groups in total. The van der Waals surface area contributed by atoms with Crippen molar-refractivity contribution in [1.29, 1.82) is 0 Å². The lowest BCUT2D eigenvalue weighted by atomic mass is 10.2. The lowest BCUT2D eigenvalue weighted by molar-refractivity contribution is 0.102. The molecule has 1 fully saturated rings. The highest BCUT2D eigenvalue weighted by Crippen LogP contribution is 2.39. The van der Waals surface area contributed by atoms with Gasteiger partial charge in [0.05, 0.1) is 37.8 Å². The average Bonchev–Trinajstić information content (AvgIpc) is 2.71. The van der Waals surface area contributed by atoms with E-state index < -0.39 is 0 Å². The molecule has 7 nitrogen and oxygen atoms in total. The molecule has 0 aliphatic carbocycles. The van der Waals surface area contributed by atoms with Gasteiger partial charge in [0.1, 0.15) is 17.2 Å². The number of hydrogen-bond donors (Lipinski definition) is 1. The van der Waals surface area contributed by atoms with Crippen molar-refractivity contribution in [2.75, 3.05) is 49.7 Å². The zero-order chi connectivity index (χ0) is 19.1. The molecule has 0 atom stereocenters. The van der Waals surface area contributed by atoms with Crippen molar-refractivity contribution >= 4 is 17.3 Å². The van der Waals surface area contributed by atoms with Gasteiger partial charge in [-0.1, -0.05) is 6.07 Å². The number of morpholine rings is 1. The Hall–Kier alpha value is -2.80. The second-order valence-electron chi connectivity index (χ2n) is 5.95. The molecule has 1 aromatic heterocycles. The highest BCUT2D eigenvalue weighted by atomic mass is 16.5. The van der Waals surface area contributed by atoms with Crippen LogP contribution >= 0.6 is 0 Å². The summed E-state index contributed by atoms with van der Waals surface area (Å²) in [6.45, 7) is 7.78. The predicted octanol–water partition coefficient (Wildman–Crippen LogP) is 2.97. The van der Waals surface area contributed by atoms with Crippen LogP contribution in [0.5, 0.6) is 11.5 Å². The third-order valence-corrected chi connectivity index (χ3v) is 4.16. The molecule has 0 spiro atoms. The first-order valence-electron chi connectivity index (χ1n) is 9.21. The molecule has 0 unspecified atom stereocenters. The summed E-state index contributed by atoms with van der Waals surface area (Å²) in [6, 6.07) is 8.96. The molecule has 1 saturated heterocycles. The van der Waals surface area contributed by atoms with Gasteiger partial charge in [-0.05, 0) is 26.0 Å². The van der Waals surface area contributed by atoms with E-state index in [4.69, 9.17) is 14.2 Å². The Labute approximate surface area is 159 Å². The van der Waals surface area contributed by atoms with Gasteiger partial charge in [-0.3, -0.25) is 9.78 Å². The van der Waals surface area contributed by atoms with E-state index in [-0.39, 0.29) is 5.91 Å². The van der Waals surface area contributed by atoms with E-state index in [2.05, 4.69) is 15.2 Å². The molecule has 27 heavy (non-hydrogen) atoms. The summed E-state index contributed by atoms with van der Waals surface area (Å²) in [5.74, 6) is 1.02. The highest BCUT2D eigenvalue weighted by molar-refractivity contribution is 6.04. The lowest BCUT2D eigenvalue weighted by Gasteiger charge is -2.31. The third kappa shape index (κ3) is 4.68. The molecular formula is C20H25N3O4. The number of rotatable bonds is 7. The number of anilines is 2. The number of hydrogen-bond acceptors (Lipinski definition) is 6. The van der Waals surface area contributed by atoms with Gasteiger partial charge in [-0.25, -0.2) is 0 Å². The second kappa shape index (κ2) is 9.23. The van der Waals surface area contributed by atoms with Crippen LogP contribution in [0.3, 0.4) is 0 Å². The number of amides is 1. The zero-order valence-electron chi connectivity index (χ0n) is 15.7. The van der Waals surface area contributed by atoms with Crippen molar-refractivity contribution in [3.8, 4) is 11.5 Å². The molecule has 2 heterocycles. The van der Waals surface area contributed by atoms with E-state index in [1.54, 1.807) is 24.4 Å². The first kappa shape index (κ1) is 19.0. The number of carbonyl (C=O) groups is 1. The lowest BCUT2D eigenvalue weighted by Crippen LogP contribution is -2.36. The summed E-state index contributed by atoms with van der Waals surface area (Å²) in [4.78, 5) is 18.8. The summed E-state index contributed by atoms with van der Waals surface area (Å²) < 4.78 is 17.1. The Morgan fingerprint density at radius 3 is 2.56 bits per heavy atom. The van der Waals surface area contributed by atoms with Gasteiger partial charge in [0.2, 0.25) is 0 Å². The van der Waals surface area contributed by atoms with E-state index in [9.17, 15) is 4.79 Å². The Balaban J connectivity index is 1.94. The minimum Gasteiger partial charge on any atom is -0.492 e. The molecule has 1 amide bonds. The Morgan fingerprint density at radius 1 is 1.15 bits per heavy atom. The molecule has 144 valence electrons. The summed E-state index contributed by atoms with van der Waals surface area (Å²) in [7, 11) is 0. The number of aromatic nitrogens is 1. The van der Waals surface area contributed by atoms with Crippen molar-refractivity contribution in [3.05, 3.63) is 42.2 Å². The standard InChI is InChI=1S/C20H25N3O4/c1-3-26-18-14-17(23-9-11-25-12-10-23)19(27-4-2)13-16(18)22-20(24)15-7-5-6-8-21-15/h5-8,13-14H,3-4,9-12H2,1-2H3,(H,22,24). The maximum absolute atomic E-state index is 12.5. The number of ether oxygens (including phenoxy) is 3. The van der Waals surface area contributed by atoms with Crippen molar-refractivity contribution in [1.82, 2.24) is 4.98 Å². The van der Waals surface area contributed by atoms with Gasteiger partial charge in [0.25, 0.3) is 5.91 Å². The number of pyridine rings is 1. The van der Waals surface area contributed by atoms with Crippen LogP contribution in [0.25, 0.3) is 0 Å². The quantitative estimate of drug-likeness (QED) is 0.807. The van der Waals surface area contributed by atoms with Gasteiger partial charge in [0.15, 0.2) is 0 Å². The van der Waals surface area contributed by atoms with Crippen molar-refractivity contribution < 1.29 is 19.0 Å². The molecule has 1 aliphatic rings. The molecule has 0 radical (unpaired) electrons. The average molecular weight is 371 g/mol. The molecule has 7 heteroatoms. The van der Waals surface area contributed by atoms with Crippen LogP contribution in [-0.2, 0) is 4.74 Å². The summed E-state index contributed by atoms with van der Waals surface area (Å²) >= 11 is 0. The maximum atomic E-state index is 12.5. The monoisotopic (exact) mass is 371 g/mol. The SMILES string of the molecule is CCOc1cc(N2CCOCC2)c(OCC)cc1NC(=O)c1ccccn1. The minimum atomic E-state index is -0.293. The Morgan fingerprint density at radius 2 is 1.89 bits per heavy atom. The fourth-order valence-corrected chi connectivity index (χ4v) is 2.93. The topological polar surface area (TPSA) is 72.9 Å². The van der Waals surface area contributed by atoms with Crippen LogP contribution in [-0.4, -0.2) is 50.4 Å². The van der Waals surface area contributed by atoms with E-state index in [1.165, 1.54) is 0 Å². The first-order valence-corrected chi connectivity index (χ1v) is 9.21. The Bertz CT molecular complexity index is 761. The number of nitrogens with zero attached hydrogens (tertiary/aromatic N) is 2. The van der Waals surface area contributed by atoms with Crippen LogP contribution in [0, 0.1) is 0 Å². The van der Waals surface area contributed by atoms with Gasteiger partial charge in [-0.15, -0.1) is 0 Å². The molecular weight excluding hydrogens is 346 g/mol. The molecule has 1 aromatic carbocycles. The predicted molar refractivity (Wildman–Crippen MR) is 104 cm³/mol. The van der Waals surface area contributed by atoms with Gasteiger partial charge < -0.3 is 24.4 Å². The first-order chi connectivity index (χ1) is 13.2. The summed E-state index contributed by atoms with van der Waals surface area (Å²) in [5.41, 5.74) is 1.85. The van der Waals surface area contributed by atoms with Crippen LogP contribution in [0.15, 0.2) is 36.5 Å². The normalized spacial score (nSPS) is 13.9. The molecule has 1 aliphatic heterocycles. The fraction of sp³-hybridized carbons (Fsp3) is 0.400. The highest BCUT2D eigenvalue weighted by Gasteiger charge is 2.20.